The number of benzene rings is 2. The summed E-state index contributed by atoms with van der Waals surface area (Å²) in [6.45, 7) is 2.56. The van der Waals surface area contributed by atoms with E-state index >= 15 is 0 Å². The molecule has 1 fully saturated rings. The fourth-order valence-electron chi connectivity index (χ4n) is 3.78. The van der Waals surface area contributed by atoms with E-state index in [2.05, 4.69) is 36.1 Å². The van der Waals surface area contributed by atoms with Crippen molar-refractivity contribution < 1.29 is 14.3 Å². The maximum Gasteiger partial charge on any atom is 0.411 e. The van der Waals surface area contributed by atoms with Gasteiger partial charge in [0.25, 0.3) is 0 Å². The third-order valence-corrected chi connectivity index (χ3v) is 5.99. The van der Waals surface area contributed by atoms with Gasteiger partial charge in [0.1, 0.15) is 12.1 Å². The topological polar surface area (TPSA) is 84.4 Å². The molecule has 1 aliphatic rings. The van der Waals surface area contributed by atoms with Crippen molar-refractivity contribution in [3.63, 3.8) is 0 Å². The molecule has 8 heteroatoms. The molecular formula is C23H23BrN4O3. The monoisotopic (exact) mass is 482 g/mol. The van der Waals surface area contributed by atoms with Gasteiger partial charge in [0.15, 0.2) is 5.78 Å². The summed E-state index contributed by atoms with van der Waals surface area (Å²) in [5.74, 6) is 0.259. The lowest BCUT2D eigenvalue weighted by Gasteiger charge is -2.31. The fraction of sp³-hybridized carbons (Fsp3) is 0.304. The van der Waals surface area contributed by atoms with Crippen molar-refractivity contribution in [2.45, 2.75) is 12.8 Å². The maximum atomic E-state index is 12.7. The van der Waals surface area contributed by atoms with E-state index in [-0.39, 0.29) is 18.3 Å². The Hall–Kier alpha value is -2.84. The molecule has 1 aliphatic heterocycles. The number of ether oxygens (including phenoxy) is 1. The van der Waals surface area contributed by atoms with Crippen LogP contribution >= 0.6 is 15.9 Å². The molecule has 1 saturated heterocycles. The Morgan fingerprint density at radius 2 is 1.81 bits per heavy atom. The molecule has 7 nitrogen and oxygen atoms in total. The van der Waals surface area contributed by atoms with Crippen LogP contribution in [0.15, 0.2) is 59.3 Å². The van der Waals surface area contributed by atoms with Gasteiger partial charge in [-0.25, -0.2) is 4.79 Å². The van der Waals surface area contributed by atoms with E-state index in [9.17, 15) is 9.59 Å². The quantitative estimate of drug-likeness (QED) is 0.519. The number of ketones is 1. The molecule has 160 valence electrons. The zero-order chi connectivity index (χ0) is 21.6. The van der Waals surface area contributed by atoms with Crippen LogP contribution in [0.5, 0.6) is 0 Å². The molecule has 3 aromatic rings. The highest BCUT2D eigenvalue weighted by atomic mass is 79.9. The lowest BCUT2D eigenvalue weighted by molar-refractivity contribution is 0.0813. The second kappa shape index (κ2) is 9.98. The molecule has 31 heavy (non-hydrogen) atoms. The van der Waals surface area contributed by atoms with Gasteiger partial charge in [0, 0.05) is 34.9 Å². The molecule has 2 heterocycles. The number of anilines is 1. The molecule has 0 aliphatic carbocycles. The van der Waals surface area contributed by atoms with Crippen LogP contribution in [0.25, 0.3) is 11.0 Å². The molecule has 0 saturated carbocycles. The van der Waals surface area contributed by atoms with E-state index in [4.69, 9.17) is 4.74 Å². The molecule has 1 amide bonds. The van der Waals surface area contributed by atoms with Gasteiger partial charge >= 0.3 is 6.09 Å². The van der Waals surface area contributed by atoms with E-state index in [1.165, 1.54) is 0 Å². The lowest BCUT2D eigenvalue weighted by atomic mass is 9.89. The Balaban J connectivity index is 1.21. The SMILES string of the molecule is O=C(Nc1cccc2nccnc12)OCCN1CCC(C(=O)c2ccc(Br)cc2)CC1. The first-order valence-electron chi connectivity index (χ1n) is 10.3. The van der Waals surface area contributed by atoms with Crippen LogP contribution < -0.4 is 5.32 Å². The summed E-state index contributed by atoms with van der Waals surface area (Å²) >= 11 is 3.40. The Morgan fingerprint density at radius 1 is 1.06 bits per heavy atom. The van der Waals surface area contributed by atoms with Gasteiger partial charge in [0.2, 0.25) is 0 Å². The number of carbonyl (C=O) groups is 2. The number of halogens is 1. The largest absolute Gasteiger partial charge is 0.448 e. The first-order valence-corrected chi connectivity index (χ1v) is 11.0. The van der Waals surface area contributed by atoms with Gasteiger partial charge < -0.3 is 4.74 Å². The van der Waals surface area contributed by atoms with Crippen molar-refractivity contribution in [3.8, 4) is 0 Å². The standard InChI is InChI=1S/C23H23BrN4O3/c24-18-6-4-16(5-7-18)22(29)17-8-12-28(13-9-17)14-15-31-23(30)27-20-3-1-2-19-21(20)26-11-10-25-19/h1-7,10-11,17H,8-9,12-15H2,(H,27,30). The van der Waals surface area contributed by atoms with Gasteiger partial charge in [0.05, 0.1) is 11.2 Å². The number of amides is 1. The zero-order valence-corrected chi connectivity index (χ0v) is 18.5. The number of aromatic nitrogens is 2. The summed E-state index contributed by atoms with van der Waals surface area (Å²) < 4.78 is 6.31. The zero-order valence-electron chi connectivity index (χ0n) is 17.0. The molecular weight excluding hydrogens is 460 g/mol. The minimum atomic E-state index is -0.515. The summed E-state index contributed by atoms with van der Waals surface area (Å²) in [4.78, 5) is 35.6. The molecule has 0 spiro atoms. The number of hydrogen-bond donors (Lipinski definition) is 1. The molecule has 2 aromatic carbocycles. The molecule has 1 aromatic heterocycles. The Kier molecular flexibility index (Phi) is 6.89. The summed E-state index contributed by atoms with van der Waals surface area (Å²) in [6.07, 6.45) is 4.31. The minimum Gasteiger partial charge on any atom is -0.448 e. The Labute approximate surface area is 189 Å². The van der Waals surface area contributed by atoms with Gasteiger partial charge in [-0.3, -0.25) is 25.0 Å². The number of piperidine rings is 1. The number of carbonyl (C=O) groups excluding carboxylic acids is 2. The summed E-state index contributed by atoms with van der Waals surface area (Å²) in [5.41, 5.74) is 2.67. The van der Waals surface area contributed by atoms with Crippen LogP contribution in [0.3, 0.4) is 0 Å². The maximum absolute atomic E-state index is 12.7. The molecule has 0 radical (unpaired) electrons. The predicted octanol–water partition coefficient (Wildman–Crippen LogP) is 4.54. The molecule has 0 atom stereocenters. The summed E-state index contributed by atoms with van der Waals surface area (Å²) in [7, 11) is 0. The van der Waals surface area contributed by atoms with Crippen molar-refractivity contribution in [2.75, 3.05) is 31.6 Å². The predicted molar refractivity (Wildman–Crippen MR) is 122 cm³/mol. The highest BCUT2D eigenvalue weighted by Gasteiger charge is 2.25. The van der Waals surface area contributed by atoms with Crippen molar-refractivity contribution in [1.82, 2.24) is 14.9 Å². The number of likely N-dealkylation sites (tertiary alicyclic amines) is 1. The molecule has 4 rings (SSSR count). The number of nitrogens with zero attached hydrogens (tertiary/aromatic N) is 3. The first-order chi connectivity index (χ1) is 15.1. The molecule has 0 unspecified atom stereocenters. The normalized spacial score (nSPS) is 15.0. The van der Waals surface area contributed by atoms with Crippen molar-refractivity contribution in [2.24, 2.45) is 5.92 Å². The molecule has 0 bridgehead atoms. The third-order valence-electron chi connectivity index (χ3n) is 5.46. The first kappa shape index (κ1) is 21.4. The van der Waals surface area contributed by atoms with E-state index in [1.54, 1.807) is 18.5 Å². The van der Waals surface area contributed by atoms with Crippen LogP contribution in [0.2, 0.25) is 0 Å². The number of Topliss-reactive ketones (excluding diaryl/α,β-unsaturated/α-hetero) is 1. The third kappa shape index (κ3) is 5.45. The van der Waals surface area contributed by atoms with Gasteiger partial charge in [-0.15, -0.1) is 0 Å². The second-order valence-corrected chi connectivity index (χ2v) is 8.39. The lowest BCUT2D eigenvalue weighted by Crippen LogP contribution is -2.38. The highest BCUT2D eigenvalue weighted by Crippen LogP contribution is 2.23. The summed E-state index contributed by atoms with van der Waals surface area (Å²) in [5, 5.41) is 2.74. The van der Waals surface area contributed by atoms with E-state index in [1.807, 2.05) is 36.4 Å². The van der Waals surface area contributed by atoms with Crippen LogP contribution in [0, 0.1) is 5.92 Å². The van der Waals surface area contributed by atoms with Crippen molar-refractivity contribution in [1.29, 1.82) is 0 Å². The minimum absolute atomic E-state index is 0.0501. The second-order valence-electron chi connectivity index (χ2n) is 7.48. The number of rotatable bonds is 6. The fourth-order valence-corrected chi connectivity index (χ4v) is 4.04. The van der Waals surface area contributed by atoms with Crippen LogP contribution in [0.4, 0.5) is 10.5 Å². The van der Waals surface area contributed by atoms with E-state index in [0.29, 0.717) is 23.3 Å². The number of nitrogens with one attached hydrogen (secondary N) is 1. The average Bonchev–Trinajstić information content (AvgIpc) is 2.80. The van der Waals surface area contributed by atoms with Gasteiger partial charge in [-0.1, -0.05) is 34.1 Å². The molecule has 1 N–H and O–H groups in total. The smallest absolute Gasteiger partial charge is 0.411 e. The van der Waals surface area contributed by atoms with Gasteiger partial charge in [-0.05, 0) is 50.2 Å². The number of hydrogen-bond acceptors (Lipinski definition) is 6. The highest BCUT2D eigenvalue weighted by molar-refractivity contribution is 9.10. The van der Waals surface area contributed by atoms with Crippen molar-refractivity contribution in [3.05, 3.63) is 64.9 Å². The Morgan fingerprint density at radius 3 is 2.58 bits per heavy atom. The number of para-hydroxylation sites is 1. The van der Waals surface area contributed by atoms with E-state index < -0.39 is 6.09 Å². The average molecular weight is 483 g/mol. The Bertz CT molecular complexity index is 1060. The summed E-state index contributed by atoms with van der Waals surface area (Å²) in [6, 6.07) is 13.0. The van der Waals surface area contributed by atoms with E-state index in [0.717, 1.165) is 36.0 Å². The van der Waals surface area contributed by atoms with Crippen LogP contribution in [0.1, 0.15) is 23.2 Å². The van der Waals surface area contributed by atoms with Gasteiger partial charge in [-0.2, -0.15) is 0 Å². The van der Waals surface area contributed by atoms with Crippen LogP contribution in [-0.2, 0) is 4.74 Å². The van der Waals surface area contributed by atoms with Crippen LogP contribution in [-0.4, -0.2) is 53.0 Å². The number of fused-ring (bicyclic) bond motifs is 1. The van der Waals surface area contributed by atoms with Crippen molar-refractivity contribution >= 4 is 44.5 Å².